The Morgan fingerprint density at radius 2 is 1.70 bits per heavy atom. The van der Waals surface area contributed by atoms with Gasteiger partial charge in [0.25, 0.3) is 0 Å². The van der Waals surface area contributed by atoms with Crippen LogP contribution in [-0.2, 0) is 6.42 Å². The van der Waals surface area contributed by atoms with Crippen LogP contribution in [0.2, 0.25) is 0 Å². The standard InChI is InChI=1S/C19H15NO3/c1-23-12-6-7-13-11(10-12)8-9-20-17-16(13)18(21)14-4-2-3-5-15(14)19(17)22/h2-7,10,20H,8-9H2,1H3. The van der Waals surface area contributed by atoms with Crippen molar-refractivity contribution >= 4 is 17.1 Å². The third-order valence-corrected chi connectivity index (χ3v) is 4.40. The zero-order valence-electron chi connectivity index (χ0n) is 12.7. The first-order valence-corrected chi connectivity index (χ1v) is 7.54. The molecule has 114 valence electrons. The monoisotopic (exact) mass is 305 g/mol. The molecule has 2 aromatic carbocycles. The van der Waals surface area contributed by atoms with E-state index < -0.39 is 0 Å². The lowest BCUT2D eigenvalue weighted by atomic mass is 9.83. The summed E-state index contributed by atoms with van der Waals surface area (Å²) in [6, 6.07) is 12.6. The molecule has 0 fully saturated rings. The molecule has 0 radical (unpaired) electrons. The molecule has 1 aliphatic carbocycles. The summed E-state index contributed by atoms with van der Waals surface area (Å²) >= 11 is 0. The van der Waals surface area contributed by atoms with Crippen LogP contribution >= 0.6 is 0 Å². The largest absolute Gasteiger partial charge is 0.497 e. The number of hydrogen-bond donors (Lipinski definition) is 1. The van der Waals surface area contributed by atoms with E-state index in [1.807, 2.05) is 18.2 Å². The van der Waals surface area contributed by atoms with E-state index in [2.05, 4.69) is 5.32 Å². The molecule has 0 amide bonds. The minimum atomic E-state index is -0.112. The van der Waals surface area contributed by atoms with Crippen molar-refractivity contribution in [3.8, 4) is 5.75 Å². The van der Waals surface area contributed by atoms with Gasteiger partial charge < -0.3 is 10.1 Å². The van der Waals surface area contributed by atoms with E-state index in [0.717, 1.165) is 23.3 Å². The average molecular weight is 305 g/mol. The van der Waals surface area contributed by atoms with Gasteiger partial charge in [-0.3, -0.25) is 9.59 Å². The third kappa shape index (κ3) is 1.99. The van der Waals surface area contributed by atoms with E-state index in [0.29, 0.717) is 28.9 Å². The Morgan fingerprint density at radius 1 is 0.957 bits per heavy atom. The van der Waals surface area contributed by atoms with Crippen molar-refractivity contribution in [1.29, 1.82) is 0 Å². The Balaban J connectivity index is 1.96. The lowest BCUT2D eigenvalue weighted by Crippen LogP contribution is -2.29. The van der Waals surface area contributed by atoms with Gasteiger partial charge in [-0.05, 0) is 29.7 Å². The van der Waals surface area contributed by atoms with Crippen LogP contribution in [0.25, 0.3) is 5.57 Å². The van der Waals surface area contributed by atoms with Gasteiger partial charge in [-0.2, -0.15) is 0 Å². The lowest BCUT2D eigenvalue weighted by molar-refractivity contribution is 0.0986. The van der Waals surface area contributed by atoms with Gasteiger partial charge in [0.2, 0.25) is 5.78 Å². The van der Waals surface area contributed by atoms with Crippen LogP contribution in [-0.4, -0.2) is 25.2 Å². The molecule has 0 unspecified atom stereocenters. The Labute approximate surface area is 133 Å². The zero-order chi connectivity index (χ0) is 16.0. The van der Waals surface area contributed by atoms with Crippen LogP contribution in [0.3, 0.4) is 0 Å². The van der Waals surface area contributed by atoms with Crippen molar-refractivity contribution in [1.82, 2.24) is 5.32 Å². The van der Waals surface area contributed by atoms with Gasteiger partial charge in [0.1, 0.15) is 5.75 Å². The first kappa shape index (κ1) is 13.8. The topological polar surface area (TPSA) is 55.4 Å². The molecular formula is C19H15NO3. The second kappa shape index (κ2) is 5.09. The van der Waals surface area contributed by atoms with Crippen molar-refractivity contribution in [2.24, 2.45) is 0 Å². The highest BCUT2D eigenvalue weighted by molar-refractivity contribution is 6.40. The summed E-state index contributed by atoms with van der Waals surface area (Å²) in [5.74, 6) is 0.540. The zero-order valence-corrected chi connectivity index (χ0v) is 12.7. The number of carbonyl (C=O) groups excluding carboxylic acids is 2. The molecule has 1 heterocycles. The minimum Gasteiger partial charge on any atom is -0.497 e. The van der Waals surface area contributed by atoms with Gasteiger partial charge in [0.15, 0.2) is 5.78 Å². The van der Waals surface area contributed by atoms with Gasteiger partial charge in [0.05, 0.1) is 18.4 Å². The molecule has 2 aliphatic rings. The predicted octanol–water partition coefficient (Wildman–Crippen LogP) is 2.63. The quantitative estimate of drug-likeness (QED) is 0.880. The van der Waals surface area contributed by atoms with Crippen LogP contribution in [0.15, 0.2) is 48.2 Å². The molecule has 0 aromatic heterocycles. The van der Waals surface area contributed by atoms with Crippen molar-refractivity contribution in [2.75, 3.05) is 13.7 Å². The van der Waals surface area contributed by atoms with E-state index in [9.17, 15) is 9.59 Å². The van der Waals surface area contributed by atoms with Gasteiger partial charge in [0, 0.05) is 17.7 Å². The summed E-state index contributed by atoms with van der Waals surface area (Å²) in [5, 5.41) is 3.16. The Hall–Kier alpha value is -2.88. The number of ether oxygens (including phenoxy) is 1. The number of allylic oxidation sites excluding steroid dienone is 2. The Morgan fingerprint density at radius 3 is 2.43 bits per heavy atom. The SMILES string of the molecule is COc1ccc2c(c1)CCNC1=C2C(=O)c2ccccc2C1=O. The summed E-state index contributed by atoms with van der Waals surface area (Å²) in [4.78, 5) is 25.8. The molecule has 0 saturated carbocycles. The lowest BCUT2D eigenvalue weighted by Gasteiger charge is -2.21. The first-order chi connectivity index (χ1) is 11.2. The number of ketones is 2. The maximum absolute atomic E-state index is 13.0. The molecule has 4 nitrogen and oxygen atoms in total. The van der Waals surface area contributed by atoms with E-state index >= 15 is 0 Å². The second-order valence-corrected chi connectivity index (χ2v) is 5.65. The normalized spacial score (nSPS) is 16.0. The molecule has 4 heteroatoms. The number of carbonyl (C=O) groups is 2. The van der Waals surface area contributed by atoms with Crippen molar-refractivity contribution < 1.29 is 14.3 Å². The molecule has 1 aliphatic heterocycles. The van der Waals surface area contributed by atoms with Crippen LogP contribution in [0.4, 0.5) is 0 Å². The molecule has 1 N–H and O–H groups in total. The van der Waals surface area contributed by atoms with Crippen LogP contribution < -0.4 is 10.1 Å². The Bertz CT molecular complexity index is 880. The number of benzene rings is 2. The fraction of sp³-hybridized carbons (Fsp3) is 0.158. The van der Waals surface area contributed by atoms with E-state index in [1.54, 1.807) is 31.4 Å². The molecular weight excluding hydrogens is 290 g/mol. The molecule has 23 heavy (non-hydrogen) atoms. The van der Waals surface area contributed by atoms with E-state index in [4.69, 9.17) is 4.74 Å². The number of nitrogens with one attached hydrogen (secondary N) is 1. The predicted molar refractivity (Wildman–Crippen MR) is 86.7 cm³/mol. The molecule has 4 rings (SSSR count). The van der Waals surface area contributed by atoms with Crippen molar-refractivity contribution in [2.45, 2.75) is 6.42 Å². The van der Waals surface area contributed by atoms with E-state index in [1.165, 1.54) is 0 Å². The second-order valence-electron chi connectivity index (χ2n) is 5.65. The number of hydrogen-bond acceptors (Lipinski definition) is 4. The van der Waals surface area contributed by atoms with Crippen LogP contribution in [0, 0.1) is 0 Å². The summed E-state index contributed by atoms with van der Waals surface area (Å²) in [5.41, 5.74) is 3.67. The highest BCUT2D eigenvalue weighted by atomic mass is 16.5. The molecule has 0 atom stereocenters. The number of Topliss-reactive ketones (excluding diaryl/α,β-unsaturated/α-hetero) is 2. The highest BCUT2D eigenvalue weighted by Gasteiger charge is 2.34. The number of rotatable bonds is 1. The fourth-order valence-corrected chi connectivity index (χ4v) is 3.27. The van der Waals surface area contributed by atoms with Crippen LogP contribution in [0.5, 0.6) is 5.75 Å². The highest BCUT2D eigenvalue weighted by Crippen LogP contribution is 2.35. The van der Waals surface area contributed by atoms with Crippen molar-refractivity contribution in [3.05, 3.63) is 70.4 Å². The maximum Gasteiger partial charge on any atom is 0.210 e. The molecule has 2 aromatic rings. The van der Waals surface area contributed by atoms with Crippen LogP contribution in [0.1, 0.15) is 31.8 Å². The molecule has 0 bridgehead atoms. The maximum atomic E-state index is 13.0. The summed E-state index contributed by atoms with van der Waals surface area (Å²) < 4.78 is 5.27. The third-order valence-electron chi connectivity index (χ3n) is 4.40. The smallest absolute Gasteiger partial charge is 0.210 e. The molecule has 0 spiro atoms. The number of fused-ring (bicyclic) bond motifs is 3. The van der Waals surface area contributed by atoms with Gasteiger partial charge in [-0.15, -0.1) is 0 Å². The number of methoxy groups -OCH3 is 1. The van der Waals surface area contributed by atoms with Gasteiger partial charge >= 0.3 is 0 Å². The minimum absolute atomic E-state index is 0.101. The molecule has 0 saturated heterocycles. The fourth-order valence-electron chi connectivity index (χ4n) is 3.27. The first-order valence-electron chi connectivity index (χ1n) is 7.54. The van der Waals surface area contributed by atoms with Gasteiger partial charge in [-0.25, -0.2) is 0 Å². The van der Waals surface area contributed by atoms with Crippen molar-refractivity contribution in [3.63, 3.8) is 0 Å². The Kier molecular flexibility index (Phi) is 3.05. The average Bonchev–Trinajstić information content (AvgIpc) is 2.78. The van der Waals surface area contributed by atoms with Gasteiger partial charge in [-0.1, -0.05) is 30.3 Å². The summed E-state index contributed by atoms with van der Waals surface area (Å²) in [7, 11) is 1.62. The summed E-state index contributed by atoms with van der Waals surface area (Å²) in [6.45, 7) is 0.611. The van der Waals surface area contributed by atoms with E-state index in [-0.39, 0.29) is 11.6 Å². The summed E-state index contributed by atoms with van der Waals surface area (Å²) in [6.07, 6.45) is 0.733.